The number of nitrogens with zero attached hydrogens (tertiary/aromatic N) is 2. The highest BCUT2D eigenvalue weighted by molar-refractivity contribution is 6.35. The van der Waals surface area contributed by atoms with Gasteiger partial charge in [0.1, 0.15) is 0 Å². The number of rotatable bonds is 1. The van der Waals surface area contributed by atoms with Gasteiger partial charge in [0.05, 0.1) is 10.7 Å². The molecule has 0 aromatic heterocycles. The number of hydrogen-bond donors (Lipinski definition) is 1. The van der Waals surface area contributed by atoms with E-state index in [1.54, 1.807) is 18.2 Å². The minimum Gasteiger partial charge on any atom is -0.320 e. The third-order valence-corrected chi connectivity index (χ3v) is 5.06. The lowest BCUT2D eigenvalue weighted by atomic mass is 9.92. The first-order valence-electron chi connectivity index (χ1n) is 7.26. The van der Waals surface area contributed by atoms with E-state index in [0.717, 1.165) is 26.1 Å². The van der Waals surface area contributed by atoms with Crippen LogP contribution in [0.5, 0.6) is 0 Å². The Bertz CT molecular complexity index is 552. The van der Waals surface area contributed by atoms with Gasteiger partial charge in [-0.3, -0.25) is 0 Å². The molecular weight excluding hydrogens is 309 g/mol. The van der Waals surface area contributed by atoms with Crippen molar-refractivity contribution < 1.29 is 4.79 Å². The molecule has 4 nitrogen and oxygen atoms in total. The van der Waals surface area contributed by atoms with Gasteiger partial charge in [-0.05, 0) is 50.6 Å². The van der Waals surface area contributed by atoms with Gasteiger partial charge in [0, 0.05) is 24.2 Å². The second kappa shape index (κ2) is 6.03. The number of amides is 2. The molecule has 0 unspecified atom stereocenters. The number of benzene rings is 1. The van der Waals surface area contributed by atoms with Gasteiger partial charge < -0.3 is 15.1 Å². The summed E-state index contributed by atoms with van der Waals surface area (Å²) in [5, 5.41) is 3.96. The van der Waals surface area contributed by atoms with Gasteiger partial charge in [-0.15, -0.1) is 0 Å². The van der Waals surface area contributed by atoms with Gasteiger partial charge in [-0.2, -0.15) is 0 Å². The van der Waals surface area contributed by atoms with Gasteiger partial charge in [-0.25, -0.2) is 4.79 Å². The number of nitrogens with one attached hydrogen (secondary N) is 1. The second-order valence-electron chi connectivity index (χ2n) is 5.91. The summed E-state index contributed by atoms with van der Waals surface area (Å²) in [7, 11) is 2.11. The molecule has 0 saturated carbocycles. The third-order valence-electron chi connectivity index (χ3n) is 4.50. The molecule has 2 atom stereocenters. The fourth-order valence-electron chi connectivity index (χ4n) is 3.33. The van der Waals surface area contributed by atoms with Crippen LogP contribution in [0.15, 0.2) is 18.2 Å². The first kappa shape index (κ1) is 14.9. The zero-order chi connectivity index (χ0) is 15.0. The average Bonchev–Trinajstić information content (AvgIpc) is 2.85. The SMILES string of the molecule is CN1CC[C@H]2CCN(C(=O)Nc3cc(Cl)ccc3Cl)[C@H]2C1. The lowest BCUT2D eigenvalue weighted by Crippen LogP contribution is -2.49. The monoisotopic (exact) mass is 327 g/mol. The Kier molecular flexibility index (Phi) is 4.29. The summed E-state index contributed by atoms with van der Waals surface area (Å²) in [4.78, 5) is 16.8. The maximum Gasteiger partial charge on any atom is 0.322 e. The molecule has 1 aromatic rings. The van der Waals surface area contributed by atoms with Gasteiger partial charge in [0.15, 0.2) is 0 Å². The largest absolute Gasteiger partial charge is 0.322 e. The minimum absolute atomic E-state index is 0.0815. The maximum absolute atomic E-state index is 12.5. The van der Waals surface area contributed by atoms with Crippen molar-refractivity contribution in [1.82, 2.24) is 9.80 Å². The molecule has 0 radical (unpaired) electrons. The van der Waals surface area contributed by atoms with Crippen molar-refractivity contribution in [2.45, 2.75) is 18.9 Å². The van der Waals surface area contributed by atoms with E-state index < -0.39 is 0 Å². The van der Waals surface area contributed by atoms with Gasteiger partial charge in [-0.1, -0.05) is 23.2 Å². The Morgan fingerprint density at radius 3 is 2.86 bits per heavy atom. The zero-order valence-electron chi connectivity index (χ0n) is 12.0. The van der Waals surface area contributed by atoms with Crippen molar-refractivity contribution >= 4 is 34.9 Å². The van der Waals surface area contributed by atoms with E-state index in [9.17, 15) is 4.79 Å². The van der Waals surface area contributed by atoms with Crippen molar-refractivity contribution in [2.24, 2.45) is 5.92 Å². The molecule has 2 aliphatic heterocycles. The molecule has 2 amide bonds. The van der Waals surface area contributed by atoms with Crippen LogP contribution in [0.1, 0.15) is 12.8 Å². The fourth-order valence-corrected chi connectivity index (χ4v) is 3.67. The molecule has 2 fully saturated rings. The molecule has 21 heavy (non-hydrogen) atoms. The molecule has 0 spiro atoms. The van der Waals surface area contributed by atoms with Crippen molar-refractivity contribution in [3.8, 4) is 0 Å². The number of likely N-dealkylation sites (N-methyl/N-ethyl adjacent to an activating group) is 1. The number of anilines is 1. The van der Waals surface area contributed by atoms with E-state index in [2.05, 4.69) is 17.3 Å². The highest BCUT2D eigenvalue weighted by Crippen LogP contribution is 2.32. The number of piperidine rings is 1. The Morgan fingerprint density at radius 2 is 2.05 bits per heavy atom. The molecular formula is C15H19Cl2N3O. The summed E-state index contributed by atoms with van der Waals surface area (Å²) < 4.78 is 0. The molecule has 114 valence electrons. The first-order valence-corrected chi connectivity index (χ1v) is 8.01. The summed E-state index contributed by atoms with van der Waals surface area (Å²) in [5.74, 6) is 0.627. The van der Waals surface area contributed by atoms with Crippen LogP contribution in [-0.4, -0.2) is 48.6 Å². The van der Waals surface area contributed by atoms with Crippen molar-refractivity contribution in [3.63, 3.8) is 0 Å². The molecule has 6 heteroatoms. The topological polar surface area (TPSA) is 35.6 Å². The molecule has 1 N–H and O–H groups in total. The molecule has 0 aliphatic carbocycles. The second-order valence-corrected chi connectivity index (χ2v) is 6.76. The summed E-state index contributed by atoms with van der Waals surface area (Å²) in [6.07, 6.45) is 2.26. The lowest BCUT2D eigenvalue weighted by molar-refractivity contribution is 0.137. The van der Waals surface area contributed by atoms with Crippen LogP contribution >= 0.6 is 23.2 Å². The Labute approximate surface area is 135 Å². The number of halogens is 2. The van der Waals surface area contributed by atoms with Gasteiger partial charge in [0.25, 0.3) is 0 Å². The van der Waals surface area contributed by atoms with E-state index in [1.165, 1.54) is 6.42 Å². The number of fused-ring (bicyclic) bond motifs is 1. The number of urea groups is 1. The van der Waals surface area contributed by atoms with Crippen LogP contribution in [0.2, 0.25) is 10.0 Å². The van der Waals surface area contributed by atoms with Crippen LogP contribution in [0.4, 0.5) is 10.5 Å². The van der Waals surface area contributed by atoms with Crippen LogP contribution in [0.3, 0.4) is 0 Å². The molecule has 2 saturated heterocycles. The van der Waals surface area contributed by atoms with Gasteiger partial charge in [0.2, 0.25) is 0 Å². The Morgan fingerprint density at radius 1 is 1.29 bits per heavy atom. The van der Waals surface area contributed by atoms with Gasteiger partial charge >= 0.3 is 6.03 Å². The fraction of sp³-hybridized carbons (Fsp3) is 0.533. The average molecular weight is 328 g/mol. The third kappa shape index (κ3) is 3.12. The zero-order valence-corrected chi connectivity index (χ0v) is 13.5. The molecule has 2 heterocycles. The summed E-state index contributed by atoms with van der Waals surface area (Å²) in [6, 6.07) is 5.31. The summed E-state index contributed by atoms with van der Waals surface area (Å²) >= 11 is 12.1. The van der Waals surface area contributed by atoms with E-state index in [1.807, 2.05) is 4.90 Å². The predicted octanol–water partition coefficient (Wildman–Crippen LogP) is 3.55. The Hall–Kier alpha value is -0.970. The smallest absolute Gasteiger partial charge is 0.320 e. The van der Waals surface area contributed by atoms with Crippen LogP contribution < -0.4 is 5.32 Å². The number of hydrogen-bond acceptors (Lipinski definition) is 2. The van der Waals surface area contributed by atoms with E-state index in [-0.39, 0.29) is 6.03 Å². The van der Waals surface area contributed by atoms with E-state index in [4.69, 9.17) is 23.2 Å². The first-order chi connectivity index (χ1) is 10.0. The summed E-state index contributed by atoms with van der Waals surface area (Å²) in [5.41, 5.74) is 0.571. The molecule has 2 aliphatic rings. The molecule has 0 bridgehead atoms. The van der Waals surface area contributed by atoms with Crippen molar-refractivity contribution in [1.29, 1.82) is 0 Å². The highest BCUT2D eigenvalue weighted by atomic mass is 35.5. The molecule has 1 aromatic carbocycles. The van der Waals surface area contributed by atoms with Crippen molar-refractivity contribution in [3.05, 3.63) is 28.2 Å². The highest BCUT2D eigenvalue weighted by Gasteiger charge is 2.39. The standard InChI is InChI=1S/C15H19Cl2N3O/c1-19-6-4-10-5-7-20(14(10)9-19)15(21)18-13-8-11(16)2-3-12(13)17/h2-3,8,10,14H,4-7,9H2,1H3,(H,18,21)/t10-,14-/m0/s1. The Balaban J connectivity index is 1.72. The normalized spacial score (nSPS) is 25.8. The lowest BCUT2D eigenvalue weighted by Gasteiger charge is -2.36. The van der Waals surface area contributed by atoms with Crippen molar-refractivity contribution in [2.75, 3.05) is 32.0 Å². The minimum atomic E-state index is -0.0815. The number of carbonyl (C=O) groups excluding carboxylic acids is 1. The quantitative estimate of drug-likeness (QED) is 0.856. The van der Waals surface area contributed by atoms with E-state index in [0.29, 0.717) is 27.7 Å². The number of likely N-dealkylation sites (tertiary alicyclic amines) is 2. The van der Waals surface area contributed by atoms with Crippen LogP contribution in [0, 0.1) is 5.92 Å². The van der Waals surface area contributed by atoms with E-state index >= 15 is 0 Å². The summed E-state index contributed by atoms with van der Waals surface area (Å²) in [6.45, 7) is 2.88. The maximum atomic E-state index is 12.5. The number of carbonyl (C=O) groups is 1. The predicted molar refractivity (Wildman–Crippen MR) is 86.2 cm³/mol. The molecule has 3 rings (SSSR count). The van der Waals surface area contributed by atoms with Crippen LogP contribution in [-0.2, 0) is 0 Å². The van der Waals surface area contributed by atoms with Crippen LogP contribution in [0.25, 0.3) is 0 Å².